The molecule has 3 aromatic rings. The van der Waals surface area contributed by atoms with Crippen LogP contribution in [0.2, 0.25) is 0 Å². The average molecular weight is 506 g/mol. The summed E-state index contributed by atoms with van der Waals surface area (Å²) in [4.78, 5) is 62.7. The van der Waals surface area contributed by atoms with E-state index in [-0.39, 0.29) is 6.54 Å². The summed E-state index contributed by atoms with van der Waals surface area (Å²) in [5.74, 6) is -2.92. The monoisotopic (exact) mass is 506 g/mol. The largest absolute Gasteiger partial charge is 0.482 e. The zero-order valence-corrected chi connectivity index (χ0v) is 19.7. The number of nitrogen functional groups attached to an aromatic ring is 1. The number of aromatic nitrogens is 2. The number of nitriles is 1. The molecule has 37 heavy (non-hydrogen) atoms. The van der Waals surface area contributed by atoms with Crippen LogP contribution >= 0.6 is 0 Å². The summed E-state index contributed by atoms with van der Waals surface area (Å²) in [5.41, 5.74) is 4.46. The summed E-state index contributed by atoms with van der Waals surface area (Å²) in [6, 6.07) is 16.5. The van der Waals surface area contributed by atoms with Gasteiger partial charge in [-0.25, -0.2) is 14.2 Å². The zero-order valence-electron chi connectivity index (χ0n) is 19.7. The second-order valence-corrected chi connectivity index (χ2v) is 7.59. The lowest BCUT2D eigenvalue weighted by Crippen LogP contribution is -2.46. The Bertz CT molecular complexity index is 1470. The molecule has 190 valence electrons. The summed E-state index contributed by atoms with van der Waals surface area (Å²) >= 11 is 0. The fourth-order valence-electron chi connectivity index (χ4n) is 3.26. The molecule has 2 aromatic carbocycles. The van der Waals surface area contributed by atoms with Crippen molar-refractivity contribution in [3.63, 3.8) is 0 Å². The standard InChI is InChI=1S/C25H22N4O8/c1-35-20(31)13-29-24(33)22(23(27)28(25(29)34)12-17-5-3-2-4-6-17)19(30)14-37-21(32)15-36-18-9-7-16(11-26)8-10-18/h2-10H,12-15,27H2,1H3. The van der Waals surface area contributed by atoms with Gasteiger partial charge >= 0.3 is 17.6 Å². The molecule has 0 spiro atoms. The van der Waals surface area contributed by atoms with E-state index in [0.29, 0.717) is 21.4 Å². The van der Waals surface area contributed by atoms with Crippen molar-refractivity contribution in [2.75, 3.05) is 26.1 Å². The number of ether oxygens (including phenoxy) is 3. The number of carbonyl (C=O) groups excluding carboxylic acids is 3. The van der Waals surface area contributed by atoms with Crippen molar-refractivity contribution in [1.82, 2.24) is 9.13 Å². The fraction of sp³-hybridized carbons (Fsp3) is 0.200. The third-order valence-electron chi connectivity index (χ3n) is 5.15. The Morgan fingerprint density at radius 1 is 0.946 bits per heavy atom. The van der Waals surface area contributed by atoms with E-state index < -0.39 is 60.1 Å². The number of carbonyl (C=O) groups is 3. The number of Topliss-reactive ketones (excluding diaryl/α,β-unsaturated/α-hetero) is 1. The van der Waals surface area contributed by atoms with Gasteiger partial charge in [0.15, 0.2) is 13.2 Å². The van der Waals surface area contributed by atoms with Crippen molar-refractivity contribution in [2.45, 2.75) is 13.1 Å². The Hall–Kier alpha value is -5.18. The smallest absolute Gasteiger partial charge is 0.344 e. The van der Waals surface area contributed by atoms with Crippen LogP contribution in [-0.2, 0) is 32.2 Å². The zero-order chi connectivity index (χ0) is 26.9. The molecule has 0 atom stereocenters. The van der Waals surface area contributed by atoms with Crippen molar-refractivity contribution in [3.05, 3.63) is 92.1 Å². The number of anilines is 1. The lowest BCUT2D eigenvalue weighted by molar-refractivity contribution is -0.145. The molecule has 1 heterocycles. The van der Waals surface area contributed by atoms with Crippen LogP contribution in [0, 0.1) is 11.3 Å². The number of benzene rings is 2. The lowest BCUT2D eigenvalue weighted by Gasteiger charge is -2.16. The highest BCUT2D eigenvalue weighted by atomic mass is 16.6. The maximum atomic E-state index is 13.0. The maximum absolute atomic E-state index is 13.0. The molecule has 0 saturated heterocycles. The number of nitrogens with zero attached hydrogens (tertiary/aromatic N) is 3. The highest BCUT2D eigenvalue weighted by Crippen LogP contribution is 2.12. The quantitative estimate of drug-likeness (QED) is 0.301. The van der Waals surface area contributed by atoms with Crippen molar-refractivity contribution < 1.29 is 28.6 Å². The number of methoxy groups -OCH3 is 1. The van der Waals surface area contributed by atoms with Gasteiger partial charge in [-0.1, -0.05) is 30.3 Å². The van der Waals surface area contributed by atoms with E-state index >= 15 is 0 Å². The van der Waals surface area contributed by atoms with Gasteiger partial charge in [0, 0.05) is 0 Å². The van der Waals surface area contributed by atoms with Gasteiger partial charge < -0.3 is 19.9 Å². The molecule has 0 fully saturated rings. The van der Waals surface area contributed by atoms with Gasteiger partial charge in [0.2, 0.25) is 5.78 Å². The van der Waals surface area contributed by atoms with Gasteiger partial charge in [0.25, 0.3) is 5.56 Å². The molecule has 0 bridgehead atoms. The molecule has 12 nitrogen and oxygen atoms in total. The van der Waals surface area contributed by atoms with Gasteiger partial charge in [-0.15, -0.1) is 0 Å². The molecule has 0 aliphatic heterocycles. The van der Waals surface area contributed by atoms with Crippen LogP contribution in [0.3, 0.4) is 0 Å². The minimum absolute atomic E-state index is 0.0918. The fourth-order valence-corrected chi connectivity index (χ4v) is 3.26. The van der Waals surface area contributed by atoms with Crippen molar-refractivity contribution in [2.24, 2.45) is 0 Å². The lowest BCUT2D eigenvalue weighted by atomic mass is 10.2. The Balaban J connectivity index is 1.82. The van der Waals surface area contributed by atoms with Crippen LogP contribution < -0.4 is 21.7 Å². The Labute approximate surface area is 210 Å². The Morgan fingerprint density at radius 3 is 2.24 bits per heavy atom. The van der Waals surface area contributed by atoms with Crippen LogP contribution in [0.1, 0.15) is 21.5 Å². The summed E-state index contributed by atoms with van der Waals surface area (Å²) < 4.78 is 16.2. The van der Waals surface area contributed by atoms with Crippen LogP contribution in [-0.4, -0.2) is 47.2 Å². The predicted octanol–water partition coefficient (Wildman–Crippen LogP) is 0.490. The molecular weight excluding hydrogens is 484 g/mol. The second-order valence-electron chi connectivity index (χ2n) is 7.59. The van der Waals surface area contributed by atoms with Gasteiger partial charge in [-0.05, 0) is 29.8 Å². The van der Waals surface area contributed by atoms with Gasteiger partial charge in [-0.2, -0.15) is 5.26 Å². The predicted molar refractivity (Wildman–Crippen MR) is 129 cm³/mol. The highest BCUT2D eigenvalue weighted by molar-refractivity contribution is 6.01. The third-order valence-corrected chi connectivity index (χ3v) is 5.15. The number of nitrogens with two attached hydrogens (primary N) is 1. The van der Waals surface area contributed by atoms with Crippen molar-refractivity contribution in [3.8, 4) is 11.8 Å². The summed E-state index contributed by atoms with van der Waals surface area (Å²) in [6.07, 6.45) is 0. The maximum Gasteiger partial charge on any atom is 0.344 e. The minimum atomic E-state index is -1.12. The summed E-state index contributed by atoms with van der Waals surface area (Å²) in [5, 5.41) is 8.81. The molecule has 0 saturated carbocycles. The normalized spacial score (nSPS) is 10.3. The van der Waals surface area contributed by atoms with E-state index in [1.54, 1.807) is 30.3 Å². The molecule has 0 radical (unpaired) electrons. The molecule has 12 heteroatoms. The van der Waals surface area contributed by atoms with E-state index in [1.807, 2.05) is 6.07 Å². The number of esters is 2. The van der Waals surface area contributed by atoms with Gasteiger partial charge in [-0.3, -0.25) is 19.0 Å². The molecule has 0 aliphatic rings. The number of rotatable bonds is 10. The first-order valence-corrected chi connectivity index (χ1v) is 10.8. The second kappa shape index (κ2) is 12.0. The Kier molecular flexibility index (Phi) is 8.56. The van der Waals surface area contributed by atoms with E-state index in [4.69, 9.17) is 20.5 Å². The first-order chi connectivity index (χ1) is 17.7. The topological polar surface area (TPSA) is 173 Å². The van der Waals surface area contributed by atoms with E-state index in [0.717, 1.165) is 11.7 Å². The molecule has 0 unspecified atom stereocenters. The third kappa shape index (κ3) is 6.49. The number of hydrogen-bond acceptors (Lipinski definition) is 10. The van der Waals surface area contributed by atoms with E-state index in [1.165, 1.54) is 24.3 Å². The minimum Gasteiger partial charge on any atom is -0.482 e. The number of ketones is 1. The molecule has 1 aromatic heterocycles. The molecular formula is C25H22N4O8. The summed E-state index contributed by atoms with van der Waals surface area (Å²) in [7, 11) is 1.08. The van der Waals surface area contributed by atoms with E-state index in [2.05, 4.69) is 4.74 Å². The highest BCUT2D eigenvalue weighted by Gasteiger charge is 2.25. The molecule has 2 N–H and O–H groups in total. The van der Waals surface area contributed by atoms with Crippen LogP contribution in [0.15, 0.2) is 64.2 Å². The molecule has 3 rings (SSSR count). The van der Waals surface area contributed by atoms with Crippen LogP contribution in [0.25, 0.3) is 0 Å². The molecule has 0 aliphatic carbocycles. The van der Waals surface area contributed by atoms with Gasteiger partial charge in [0.05, 0.1) is 25.3 Å². The number of hydrogen-bond donors (Lipinski definition) is 1. The Morgan fingerprint density at radius 2 is 1.62 bits per heavy atom. The first-order valence-electron chi connectivity index (χ1n) is 10.8. The first kappa shape index (κ1) is 26.4. The van der Waals surface area contributed by atoms with Crippen molar-refractivity contribution >= 4 is 23.5 Å². The van der Waals surface area contributed by atoms with Crippen LogP contribution in [0.4, 0.5) is 5.82 Å². The summed E-state index contributed by atoms with van der Waals surface area (Å²) in [6.45, 7) is -2.25. The molecule has 0 amide bonds. The average Bonchev–Trinajstić information content (AvgIpc) is 2.91. The van der Waals surface area contributed by atoms with Crippen LogP contribution in [0.5, 0.6) is 5.75 Å². The van der Waals surface area contributed by atoms with Crippen molar-refractivity contribution in [1.29, 1.82) is 5.26 Å². The van der Waals surface area contributed by atoms with E-state index in [9.17, 15) is 24.0 Å². The SMILES string of the molecule is COC(=O)Cn1c(=O)c(C(=O)COC(=O)COc2ccc(C#N)cc2)c(N)n(Cc2ccccc2)c1=O. The van der Waals surface area contributed by atoms with Gasteiger partial charge in [0.1, 0.15) is 23.7 Å².